The molecule has 0 unspecified atom stereocenters. The number of hydrogen-bond donors (Lipinski definition) is 0. The zero-order valence-corrected chi connectivity index (χ0v) is 15.0. The van der Waals surface area contributed by atoms with E-state index in [0.29, 0.717) is 0 Å². The number of carbonyl (C=O) groups excluding carboxylic acids is 1. The molecule has 2 aromatic rings. The van der Waals surface area contributed by atoms with Crippen molar-refractivity contribution < 1.29 is 27.0 Å². The first-order valence-electron chi connectivity index (χ1n) is 7.79. The Balaban J connectivity index is 1.66. The molecule has 0 saturated carbocycles. The molecule has 0 heterocycles. The molecule has 26 heavy (non-hydrogen) atoms. The quantitative estimate of drug-likeness (QED) is 0.219. The van der Waals surface area contributed by atoms with Crippen LogP contribution < -0.4 is 0 Å². The average Bonchev–Trinajstić information content (AvgIpc) is 2.64. The number of oxime groups is 1. The molecule has 0 aromatic heterocycles. The molecule has 0 aliphatic heterocycles. The third kappa shape index (κ3) is 6.66. The molecule has 0 saturated heterocycles. The van der Waals surface area contributed by atoms with Crippen LogP contribution in [0.4, 0.5) is 0 Å². The summed E-state index contributed by atoms with van der Waals surface area (Å²) in [5.74, 6) is -0.755. The maximum absolute atomic E-state index is 11.9. The highest BCUT2D eigenvalue weighted by Crippen LogP contribution is 2.12. The molecular formula is C18H19NO6S. The second-order valence-corrected chi connectivity index (χ2v) is 6.87. The van der Waals surface area contributed by atoms with Crippen molar-refractivity contribution in [1.82, 2.24) is 0 Å². The number of benzene rings is 2. The van der Waals surface area contributed by atoms with Crippen molar-refractivity contribution in [2.24, 2.45) is 5.16 Å². The van der Waals surface area contributed by atoms with Gasteiger partial charge in [0.15, 0.2) is 6.21 Å². The minimum Gasteiger partial charge on any atom is -0.459 e. The van der Waals surface area contributed by atoms with Gasteiger partial charge in [0.1, 0.15) is 19.8 Å². The predicted octanol–water partition coefficient (Wildman–Crippen LogP) is 2.45. The highest BCUT2D eigenvalue weighted by atomic mass is 32.2. The summed E-state index contributed by atoms with van der Waals surface area (Å²) in [7, 11) is -3.88. The summed E-state index contributed by atoms with van der Waals surface area (Å²) in [5.41, 5.74) is 1.85. The summed E-state index contributed by atoms with van der Waals surface area (Å²) in [4.78, 5) is 16.4. The number of carbonyl (C=O) groups is 1. The number of nitrogens with zero attached hydrogens (tertiary/aromatic N) is 1. The van der Waals surface area contributed by atoms with Crippen LogP contribution in [0.25, 0.3) is 0 Å². The van der Waals surface area contributed by atoms with E-state index < -0.39 is 16.1 Å². The van der Waals surface area contributed by atoms with E-state index in [0.717, 1.165) is 17.3 Å². The van der Waals surface area contributed by atoms with Gasteiger partial charge < -0.3 is 9.57 Å². The van der Waals surface area contributed by atoms with Crippen LogP contribution in [0, 0.1) is 6.92 Å². The van der Waals surface area contributed by atoms with Crippen molar-refractivity contribution in [3.8, 4) is 0 Å². The molecule has 0 atom stereocenters. The predicted molar refractivity (Wildman–Crippen MR) is 95.0 cm³/mol. The Morgan fingerprint density at radius 3 is 2.42 bits per heavy atom. The van der Waals surface area contributed by atoms with Crippen LogP contribution in [0.5, 0.6) is 0 Å². The van der Waals surface area contributed by atoms with Gasteiger partial charge in [0.25, 0.3) is 10.1 Å². The number of aryl methyl sites for hydroxylation is 1. The molecule has 0 fully saturated rings. The Labute approximate surface area is 152 Å². The smallest absolute Gasteiger partial charge is 0.352 e. The van der Waals surface area contributed by atoms with E-state index in [1.807, 2.05) is 37.3 Å². The molecule has 2 rings (SSSR count). The van der Waals surface area contributed by atoms with Crippen molar-refractivity contribution in [3.63, 3.8) is 0 Å². The van der Waals surface area contributed by atoms with Crippen molar-refractivity contribution in [2.45, 2.75) is 18.4 Å². The van der Waals surface area contributed by atoms with Gasteiger partial charge in [-0.2, -0.15) is 8.42 Å². The van der Waals surface area contributed by atoms with Crippen LogP contribution in [0.3, 0.4) is 0 Å². The molecule has 7 nitrogen and oxygen atoms in total. The van der Waals surface area contributed by atoms with Gasteiger partial charge >= 0.3 is 5.97 Å². The van der Waals surface area contributed by atoms with E-state index >= 15 is 0 Å². The summed E-state index contributed by atoms with van der Waals surface area (Å²) >= 11 is 0. The van der Waals surface area contributed by atoms with E-state index in [4.69, 9.17) is 13.8 Å². The minimum absolute atomic E-state index is 0.0466. The highest BCUT2D eigenvalue weighted by molar-refractivity contribution is 7.86. The number of hydrogen-bond acceptors (Lipinski definition) is 7. The second-order valence-electron chi connectivity index (χ2n) is 5.25. The number of rotatable bonds is 9. The summed E-state index contributed by atoms with van der Waals surface area (Å²) < 4.78 is 33.4. The molecule has 0 aliphatic rings. The van der Waals surface area contributed by atoms with Crippen molar-refractivity contribution in [1.29, 1.82) is 0 Å². The zero-order valence-electron chi connectivity index (χ0n) is 14.2. The SMILES string of the molecule is Cc1ccc(S(=O)(=O)OCCOC(=O)/C=N/OCc2ccccc2)cc1. The maximum Gasteiger partial charge on any atom is 0.352 e. The Kier molecular flexibility index (Phi) is 7.31. The Bertz CT molecular complexity index is 832. The topological polar surface area (TPSA) is 91.3 Å². The van der Waals surface area contributed by atoms with Gasteiger partial charge in [0.2, 0.25) is 0 Å². The van der Waals surface area contributed by atoms with E-state index in [1.54, 1.807) is 12.1 Å². The van der Waals surface area contributed by atoms with Gasteiger partial charge in [-0.1, -0.05) is 53.2 Å². The average molecular weight is 377 g/mol. The van der Waals surface area contributed by atoms with Crippen LogP contribution in [0.1, 0.15) is 11.1 Å². The molecular weight excluding hydrogens is 358 g/mol. The second kappa shape index (κ2) is 9.69. The van der Waals surface area contributed by atoms with Crippen LogP contribution in [0.2, 0.25) is 0 Å². The lowest BCUT2D eigenvalue weighted by Crippen LogP contribution is -2.15. The molecule has 0 amide bonds. The fraction of sp³-hybridized carbons (Fsp3) is 0.222. The van der Waals surface area contributed by atoms with E-state index in [-0.39, 0.29) is 24.7 Å². The number of ether oxygens (including phenoxy) is 1. The Morgan fingerprint density at radius 2 is 1.73 bits per heavy atom. The fourth-order valence-electron chi connectivity index (χ4n) is 1.86. The van der Waals surface area contributed by atoms with Crippen LogP contribution in [-0.2, 0) is 35.3 Å². The van der Waals surface area contributed by atoms with Crippen molar-refractivity contribution in [2.75, 3.05) is 13.2 Å². The highest BCUT2D eigenvalue weighted by Gasteiger charge is 2.14. The lowest BCUT2D eigenvalue weighted by molar-refractivity contribution is -0.135. The normalized spacial score (nSPS) is 11.4. The summed E-state index contributed by atoms with van der Waals surface area (Å²) in [6.07, 6.45) is 0.872. The standard InChI is InChI=1S/C18H19NO6S/c1-15-7-9-17(10-8-15)26(21,22)25-12-11-23-18(20)13-19-24-14-16-5-3-2-4-6-16/h2-10,13H,11-12,14H2,1H3/b19-13+. The molecule has 138 valence electrons. The van der Waals surface area contributed by atoms with Crippen LogP contribution in [0.15, 0.2) is 64.6 Å². The lowest BCUT2D eigenvalue weighted by atomic mass is 10.2. The minimum atomic E-state index is -3.88. The lowest BCUT2D eigenvalue weighted by Gasteiger charge is -2.06. The maximum atomic E-state index is 11.9. The van der Waals surface area contributed by atoms with Crippen molar-refractivity contribution in [3.05, 3.63) is 65.7 Å². The summed E-state index contributed by atoms with van der Waals surface area (Å²) in [6, 6.07) is 15.6. The Hall–Kier alpha value is -2.71. The van der Waals surface area contributed by atoms with E-state index in [1.165, 1.54) is 12.1 Å². The van der Waals surface area contributed by atoms with Gasteiger partial charge in [-0.15, -0.1) is 0 Å². The largest absolute Gasteiger partial charge is 0.459 e. The van der Waals surface area contributed by atoms with Crippen LogP contribution in [-0.4, -0.2) is 33.8 Å². The van der Waals surface area contributed by atoms with Crippen LogP contribution >= 0.6 is 0 Å². The first-order valence-corrected chi connectivity index (χ1v) is 9.20. The number of esters is 1. The van der Waals surface area contributed by atoms with Gasteiger partial charge in [0, 0.05) is 0 Å². The van der Waals surface area contributed by atoms with E-state index in [2.05, 4.69) is 5.16 Å². The molecule has 0 aliphatic carbocycles. The monoisotopic (exact) mass is 377 g/mol. The Morgan fingerprint density at radius 1 is 1.04 bits per heavy atom. The first-order chi connectivity index (χ1) is 12.5. The molecule has 2 aromatic carbocycles. The molecule has 0 radical (unpaired) electrons. The third-order valence-electron chi connectivity index (χ3n) is 3.18. The summed E-state index contributed by atoms with van der Waals surface area (Å²) in [6.45, 7) is 1.56. The first kappa shape index (κ1) is 19.6. The third-order valence-corrected chi connectivity index (χ3v) is 4.51. The summed E-state index contributed by atoms with van der Waals surface area (Å²) in [5, 5.41) is 3.49. The zero-order chi connectivity index (χ0) is 18.8. The molecule has 0 bridgehead atoms. The van der Waals surface area contributed by atoms with Gasteiger partial charge in [-0.25, -0.2) is 4.79 Å². The van der Waals surface area contributed by atoms with E-state index in [9.17, 15) is 13.2 Å². The molecule has 0 N–H and O–H groups in total. The van der Waals surface area contributed by atoms with Gasteiger partial charge in [-0.3, -0.25) is 4.18 Å². The van der Waals surface area contributed by atoms with Gasteiger partial charge in [0.05, 0.1) is 4.90 Å². The molecule has 8 heteroatoms. The fourth-order valence-corrected chi connectivity index (χ4v) is 2.76. The van der Waals surface area contributed by atoms with Crippen molar-refractivity contribution >= 4 is 22.3 Å². The van der Waals surface area contributed by atoms with Gasteiger partial charge in [-0.05, 0) is 24.6 Å². The molecule has 0 spiro atoms.